The van der Waals surface area contributed by atoms with Crippen LogP contribution in [0.3, 0.4) is 0 Å². The first-order chi connectivity index (χ1) is 11.6. The number of benzene rings is 2. The van der Waals surface area contributed by atoms with Crippen molar-refractivity contribution in [1.29, 1.82) is 0 Å². The Morgan fingerprint density at radius 3 is 2.33 bits per heavy atom. The molecule has 0 heterocycles. The number of guanidine groups is 1. The Labute approximate surface area is 144 Å². The van der Waals surface area contributed by atoms with Crippen LogP contribution < -0.4 is 15.8 Å². The van der Waals surface area contributed by atoms with E-state index >= 15 is 0 Å². The van der Waals surface area contributed by atoms with Crippen LogP contribution in [0, 0.1) is 0 Å². The molecular formula is C20H27N3O. The van der Waals surface area contributed by atoms with E-state index in [0.717, 1.165) is 25.1 Å². The van der Waals surface area contributed by atoms with E-state index in [1.807, 2.05) is 44.2 Å². The van der Waals surface area contributed by atoms with Crippen molar-refractivity contribution < 1.29 is 4.74 Å². The van der Waals surface area contributed by atoms with E-state index in [2.05, 4.69) is 34.6 Å². The average molecular weight is 325 g/mol. The molecule has 0 amide bonds. The molecule has 0 aromatic heterocycles. The summed E-state index contributed by atoms with van der Waals surface area (Å²) < 4.78 is 5.64. The van der Waals surface area contributed by atoms with Gasteiger partial charge >= 0.3 is 0 Å². The molecule has 2 aromatic carbocycles. The summed E-state index contributed by atoms with van der Waals surface area (Å²) in [6, 6.07) is 18.5. The van der Waals surface area contributed by atoms with Gasteiger partial charge in [-0.1, -0.05) is 42.5 Å². The summed E-state index contributed by atoms with van der Waals surface area (Å²) in [5, 5.41) is 3.16. The third-order valence-electron chi connectivity index (χ3n) is 3.54. The molecule has 24 heavy (non-hydrogen) atoms. The number of ether oxygens (including phenoxy) is 1. The predicted octanol–water partition coefficient (Wildman–Crippen LogP) is 3.16. The van der Waals surface area contributed by atoms with Crippen LogP contribution >= 0.6 is 0 Å². The third kappa shape index (κ3) is 6.73. The van der Waals surface area contributed by atoms with Gasteiger partial charge in [0.05, 0.1) is 6.10 Å². The minimum Gasteiger partial charge on any atom is -0.491 e. The maximum Gasteiger partial charge on any atom is 0.188 e. The van der Waals surface area contributed by atoms with Crippen LogP contribution in [0.1, 0.15) is 25.0 Å². The van der Waals surface area contributed by atoms with Crippen LogP contribution in [0.25, 0.3) is 0 Å². The van der Waals surface area contributed by atoms with Gasteiger partial charge in [-0.05, 0) is 49.9 Å². The van der Waals surface area contributed by atoms with Gasteiger partial charge in [-0.2, -0.15) is 0 Å². The second kappa shape index (κ2) is 9.60. The van der Waals surface area contributed by atoms with Crippen molar-refractivity contribution in [2.75, 3.05) is 13.1 Å². The molecule has 0 spiro atoms. The summed E-state index contributed by atoms with van der Waals surface area (Å²) >= 11 is 0. The smallest absolute Gasteiger partial charge is 0.188 e. The van der Waals surface area contributed by atoms with Gasteiger partial charge in [0.1, 0.15) is 5.75 Å². The average Bonchev–Trinajstić information content (AvgIpc) is 2.57. The maximum absolute atomic E-state index is 5.90. The van der Waals surface area contributed by atoms with Crippen molar-refractivity contribution in [3.05, 3.63) is 65.7 Å². The van der Waals surface area contributed by atoms with E-state index < -0.39 is 0 Å². The topological polar surface area (TPSA) is 59.6 Å². The van der Waals surface area contributed by atoms with Crippen LogP contribution in [0.5, 0.6) is 5.75 Å². The Balaban J connectivity index is 1.68. The first kappa shape index (κ1) is 17.9. The molecule has 128 valence electrons. The maximum atomic E-state index is 5.90. The standard InChI is InChI=1S/C20H27N3O/c1-16(2)24-19-10-8-18(9-11-19)13-15-23-20(21)22-14-12-17-6-4-3-5-7-17/h3-11,16H,12-15H2,1-2H3,(H3,21,22,23). The third-order valence-corrected chi connectivity index (χ3v) is 3.54. The van der Waals surface area contributed by atoms with Gasteiger partial charge in [0.2, 0.25) is 0 Å². The van der Waals surface area contributed by atoms with Crippen molar-refractivity contribution >= 4 is 5.96 Å². The van der Waals surface area contributed by atoms with E-state index in [1.165, 1.54) is 11.1 Å². The molecule has 0 atom stereocenters. The van der Waals surface area contributed by atoms with E-state index in [0.29, 0.717) is 12.5 Å². The number of hydrogen-bond acceptors (Lipinski definition) is 2. The lowest BCUT2D eigenvalue weighted by atomic mass is 10.1. The summed E-state index contributed by atoms with van der Waals surface area (Å²) in [5.74, 6) is 1.41. The Morgan fingerprint density at radius 2 is 1.67 bits per heavy atom. The molecule has 4 nitrogen and oxygen atoms in total. The van der Waals surface area contributed by atoms with Crippen molar-refractivity contribution in [2.45, 2.75) is 32.8 Å². The lowest BCUT2D eigenvalue weighted by molar-refractivity contribution is 0.242. The van der Waals surface area contributed by atoms with Crippen LogP contribution in [-0.4, -0.2) is 25.2 Å². The highest BCUT2D eigenvalue weighted by Crippen LogP contribution is 2.14. The highest BCUT2D eigenvalue weighted by molar-refractivity contribution is 5.77. The van der Waals surface area contributed by atoms with Gasteiger partial charge in [-0.25, -0.2) is 0 Å². The van der Waals surface area contributed by atoms with E-state index in [-0.39, 0.29) is 6.10 Å². The molecule has 0 unspecified atom stereocenters. The van der Waals surface area contributed by atoms with Crippen LogP contribution in [0.2, 0.25) is 0 Å². The molecule has 0 saturated heterocycles. The first-order valence-corrected chi connectivity index (χ1v) is 8.47. The van der Waals surface area contributed by atoms with E-state index in [1.54, 1.807) is 0 Å². The molecule has 0 aliphatic carbocycles. The number of nitrogens with one attached hydrogen (secondary N) is 1. The Kier molecular flexibility index (Phi) is 7.15. The Bertz CT molecular complexity index is 621. The minimum absolute atomic E-state index is 0.196. The van der Waals surface area contributed by atoms with Crippen LogP contribution in [0.4, 0.5) is 0 Å². The van der Waals surface area contributed by atoms with Crippen LogP contribution in [-0.2, 0) is 12.8 Å². The molecule has 3 N–H and O–H groups in total. The minimum atomic E-state index is 0.196. The zero-order chi connectivity index (χ0) is 17.2. The van der Waals surface area contributed by atoms with Crippen LogP contribution in [0.15, 0.2) is 59.6 Å². The number of hydrogen-bond donors (Lipinski definition) is 2. The first-order valence-electron chi connectivity index (χ1n) is 8.47. The highest BCUT2D eigenvalue weighted by atomic mass is 16.5. The molecule has 2 rings (SSSR count). The summed E-state index contributed by atoms with van der Waals surface area (Å²) in [4.78, 5) is 4.37. The zero-order valence-corrected chi connectivity index (χ0v) is 14.5. The molecule has 0 saturated carbocycles. The summed E-state index contributed by atoms with van der Waals surface area (Å²) in [7, 11) is 0. The van der Waals surface area contributed by atoms with Gasteiger partial charge in [-0.15, -0.1) is 0 Å². The molecular weight excluding hydrogens is 298 g/mol. The molecule has 0 fully saturated rings. The lowest BCUT2D eigenvalue weighted by Gasteiger charge is -2.10. The van der Waals surface area contributed by atoms with E-state index in [9.17, 15) is 0 Å². The summed E-state index contributed by atoms with van der Waals surface area (Å²) in [5.41, 5.74) is 8.42. The second-order valence-electron chi connectivity index (χ2n) is 5.99. The van der Waals surface area contributed by atoms with Gasteiger partial charge in [0, 0.05) is 13.1 Å². The van der Waals surface area contributed by atoms with Gasteiger partial charge in [-0.3, -0.25) is 4.99 Å². The molecule has 0 aliphatic rings. The summed E-state index contributed by atoms with van der Waals surface area (Å²) in [6.07, 6.45) is 2.00. The van der Waals surface area contributed by atoms with Crippen molar-refractivity contribution in [2.24, 2.45) is 10.7 Å². The molecule has 0 bridgehead atoms. The predicted molar refractivity (Wildman–Crippen MR) is 101 cm³/mol. The van der Waals surface area contributed by atoms with Gasteiger partial charge in [0.25, 0.3) is 0 Å². The molecule has 4 heteroatoms. The summed E-state index contributed by atoms with van der Waals surface area (Å²) in [6.45, 7) is 5.52. The number of nitrogens with zero attached hydrogens (tertiary/aromatic N) is 1. The Hall–Kier alpha value is -2.49. The SMILES string of the molecule is CC(C)Oc1ccc(CCN=C(N)NCCc2ccccc2)cc1. The number of nitrogens with two attached hydrogens (primary N) is 1. The molecule has 2 aromatic rings. The molecule has 0 radical (unpaired) electrons. The largest absolute Gasteiger partial charge is 0.491 e. The number of rotatable bonds is 8. The van der Waals surface area contributed by atoms with Gasteiger partial charge < -0.3 is 15.8 Å². The lowest BCUT2D eigenvalue weighted by Crippen LogP contribution is -2.33. The molecule has 0 aliphatic heterocycles. The number of aliphatic imine (C=N–C) groups is 1. The highest BCUT2D eigenvalue weighted by Gasteiger charge is 1.99. The zero-order valence-electron chi connectivity index (χ0n) is 14.5. The normalized spacial score (nSPS) is 11.5. The van der Waals surface area contributed by atoms with Crippen molar-refractivity contribution in [3.63, 3.8) is 0 Å². The fraction of sp³-hybridized carbons (Fsp3) is 0.350. The van der Waals surface area contributed by atoms with E-state index in [4.69, 9.17) is 10.5 Å². The quantitative estimate of drug-likeness (QED) is 0.579. The second-order valence-corrected chi connectivity index (χ2v) is 5.99. The van der Waals surface area contributed by atoms with Crippen molar-refractivity contribution in [1.82, 2.24) is 5.32 Å². The monoisotopic (exact) mass is 325 g/mol. The Morgan fingerprint density at radius 1 is 1.00 bits per heavy atom. The van der Waals surface area contributed by atoms with Gasteiger partial charge in [0.15, 0.2) is 5.96 Å². The fourth-order valence-electron chi connectivity index (χ4n) is 2.35. The van der Waals surface area contributed by atoms with Crippen molar-refractivity contribution in [3.8, 4) is 5.75 Å². The fourth-order valence-corrected chi connectivity index (χ4v) is 2.35.